The van der Waals surface area contributed by atoms with Gasteiger partial charge in [0.15, 0.2) is 0 Å². The SMILES string of the molecule is CN(C)C(=O)c1sc2ncccc2c1C1CN(Cc2ccc3ncccc3c2)CCO1. The number of hydrogen-bond donors (Lipinski definition) is 0. The van der Waals surface area contributed by atoms with Crippen molar-refractivity contribution >= 4 is 38.4 Å². The van der Waals surface area contributed by atoms with Crippen LogP contribution in [0.25, 0.3) is 21.1 Å². The third-order valence-corrected chi connectivity index (χ3v) is 6.77. The fraction of sp³-hybridized carbons (Fsp3) is 0.292. The summed E-state index contributed by atoms with van der Waals surface area (Å²) in [6, 6.07) is 14.5. The van der Waals surface area contributed by atoms with Crippen LogP contribution in [0.15, 0.2) is 54.9 Å². The van der Waals surface area contributed by atoms with Crippen LogP contribution < -0.4 is 0 Å². The minimum absolute atomic E-state index is 0.000697. The van der Waals surface area contributed by atoms with Crippen molar-refractivity contribution in [3.63, 3.8) is 0 Å². The highest BCUT2D eigenvalue weighted by atomic mass is 32.1. The lowest BCUT2D eigenvalue weighted by atomic mass is 10.0. The lowest BCUT2D eigenvalue weighted by Crippen LogP contribution is -2.38. The molecular weight excluding hydrogens is 408 g/mol. The number of morpholine rings is 1. The molecule has 1 atom stereocenters. The van der Waals surface area contributed by atoms with Crippen LogP contribution in [-0.2, 0) is 11.3 Å². The molecule has 4 heterocycles. The summed E-state index contributed by atoms with van der Waals surface area (Å²) < 4.78 is 6.20. The van der Waals surface area contributed by atoms with Crippen molar-refractivity contribution in [2.24, 2.45) is 0 Å². The van der Waals surface area contributed by atoms with Gasteiger partial charge in [0.2, 0.25) is 0 Å². The first kappa shape index (κ1) is 20.1. The minimum Gasteiger partial charge on any atom is -0.371 e. The van der Waals surface area contributed by atoms with Crippen LogP contribution in [-0.4, -0.2) is 59.5 Å². The fourth-order valence-corrected chi connectivity index (χ4v) is 5.35. The summed E-state index contributed by atoms with van der Waals surface area (Å²) in [6.45, 7) is 3.06. The Morgan fingerprint density at radius 1 is 1.19 bits per heavy atom. The highest BCUT2D eigenvalue weighted by Gasteiger charge is 2.30. The van der Waals surface area contributed by atoms with E-state index in [0.717, 1.165) is 51.2 Å². The van der Waals surface area contributed by atoms with Crippen molar-refractivity contribution < 1.29 is 9.53 Å². The van der Waals surface area contributed by atoms with Gasteiger partial charge in [-0.15, -0.1) is 11.3 Å². The highest BCUT2D eigenvalue weighted by molar-refractivity contribution is 7.20. The van der Waals surface area contributed by atoms with Gasteiger partial charge < -0.3 is 9.64 Å². The maximum atomic E-state index is 12.9. The molecular formula is C24H24N4O2S. The molecule has 1 saturated heterocycles. The lowest BCUT2D eigenvalue weighted by molar-refractivity contribution is -0.0323. The van der Waals surface area contributed by atoms with Crippen LogP contribution in [0, 0.1) is 0 Å². The van der Waals surface area contributed by atoms with Gasteiger partial charge >= 0.3 is 0 Å². The van der Waals surface area contributed by atoms with Crippen LogP contribution in [0.3, 0.4) is 0 Å². The number of benzene rings is 1. The molecule has 1 aliphatic heterocycles. The zero-order chi connectivity index (χ0) is 21.4. The summed E-state index contributed by atoms with van der Waals surface area (Å²) >= 11 is 1.45. The van der Waals surface area contributed by atoms with Crippen LogP contribution in [0.2, 0.25) is 0 Å². The highest BCUT2D eigenvalue weighted by Crippen LogP contribution is 2.38. The smallest absolute Gasteiger partial charge is 0.263 e. The summed E-state index contributed by atoms with van der Waals surface area (Å²) in [6.07, 6.45) is 3.43. The van der Waals surface area contributed by atoms with Crippen molar-refractivity contribution in [2.45, 2.75) is 12.6 Å². The molecule has 1 fully saturated rings. The molecule has 1 aromatic carbocycles. The molecule has 0 spiro atoms. The Morgan fingerprint density at radius 3 is 2.90 bits per heavy atom. The van der Waals surface area contributed by atoms with Crippen LogP contribution >= 0.6 is 11.3 Å². The molecule has 6 nitrogen and oxygen atoms in total. The molecule has 7 heteroatoms. The first-order valence-electron chi connectivity index (χ1n) is 10.4. The van der Waals surface area contributed by atoms with Crippen molar-refractivity contribution in [1.82, 2.24) is 19.8 Å². The number of aromatic nitrogens is 2. The van der Waals surface area contributed by atoms with Crippen LogP contribution in [0.5, 0.6) is 0 Å². The Morgan fingerprint density at radius 2 is 2.03 bits per heavy atom. The second kappa shape index (κ2) is 8.34. The van der Waals surface area contributed by atoms with E-state index in [0.29, 0.717) is 6.61 Å². The molecule has 0 N–H and O–H groups in total. The lowest BCUT2D eigenvalue weighted by Gasteiger charge is -2.33. The number of fused-ring (bicyclic) bond motifs is 2. The number of hydrogen-bond acceptors (Lipinski definition) is 6. The van der Waals surface area contributed by atoms with E-state index in [9.17, 15) is 4.79 Å². The van der Waals surface area contributed by atoms with Gasteiger partial charge in [-0.1, -0.05) is 18.2 Å². The summed E-state index contributed by atoms with van der Waals surface area (Å²) in [5.74, 6) is 0.000697. The third kappa shape index (κ3) is 3.92. The predicted octanol–water partition coefficient (Wildman–Crippen LogP) is 4.12. The van der Waals surface area contributed by atoms with Gasteiger partial charge in [-0.05, 0) is 29.8 Å². The van der Waals surface area contributed by atoms with E-state index in [4.69, 9.17) is 4.74 Å². The van der Waals surface area contributed by atoms with Gasteiger partial charge in [0.25, 0.3) is 5.91 Å². The molecule has 0 aliphatic carbocycles. The van der Waals surface area contributed by atoms with E-state index in [2.05, 4.69) is 39.1 Å². The molecule has 31 heavy (non-hydrogen) atoms. The number of amides is 1. The molecule has 0 radical (unpaired) electrons. The van der Waals surface area contributed by atoms with Gasteiger partial charge in [-0.2, -0.15) is 0 Å². The number of nitrogens with zero attached hydrogens (tertiary/aromatic N) is 4. The maximum Gasteiger partial charge on any atom is 0.263 e. The zero-order valence-electron chi connectivity index (χ0n) is 17.6. The minimum atomic E-state index is -0.160. The van der Waals surface area contributed by atoms with Crippen molar-refractivity contribution in [2.75, 3.05) is 33.8 Å². The van der Waals surface area contributed by atoms with Crippen molar-refractivity contribution in [3.05, 3.63) is 70.9 Å². The molecule has 0 saturated carbocycles. The van der Waals surface area contributed by atoms with Gasteiger partial charge in [0, 0.05) is 62.5 Å². The van der Waals surface area contributed by atoms with Gasteiger partial charge in [-0.25, -0.2) is 4.98 Å². The second-order valence-electron chi connectivity index (χ2n) is 8.03. The number of pyridine rings is 2. The molecule has 3 aromatic heterocycles. The number of rotatable bonds is 4. The van der Waals surface area contributed by atoms with Gasteiger partial charge in [0.1, 0.15) is 9.71 Å². The normalized spacial score (nSPS) is 17.3. The largest absolute Gasteiger partial charge is 0.371 e. The quantitative estimate of drug-likeness (QED) is 0.486. The zero-order valence-corrected chi connectivity index (χ0v) is 18.4. The predicted molar refractivity (Wildman–Crippen MR) is 123 cm³/mol. The van der Waals surface area contributed by atoms with Crippen LogP contribution in [0.1, 0.15) is 26.9 Å². The molecule has 158 valence electrons. The Kier molecular flexibility index (Phi) is 5.40. The molecule has 1 unspecified atom stereocenters. The van der Waals surface area contributed by atoms with E-state index in [1.165, 1.54) is 16.9 Å². The van der Waals surface area contributed by atoms with E-state index >= 15 is 0 Å². The molecule has 1 aliphatic rings. The maximum absolute atomic E-state index is 12.9. The van der Waals surface area contributed by atoms with Crippen LogP contribution in [0.4, 0.5) is 0 Å². The molecule has 0 bridgehead atoms. The van der Waals surface area contributed by atoms with E-state index in [1.807, 2.05) is 24.4 Å². The monoisotopic (exact) mass is 432 g/mol. The first-order chi connectivity index (χ1) is 15.1. The summed E-state index contributed by atoms with van der Waals surface area (Å²) in [5, 5.41) is 2.17. The van der Waals surface area contributed by atoms with Crippen molar-refractivity contribution in [1.29, 1.82) is 0 Å². The standard InChI is InChI=1S/C24H24N4O2S/c1-27(2)24(29)22-21(18-6-4-10-26-23(18)31-22)20-15-28(11-12-30-20)14-16-7-8-19-17(13-16)5-3-9-25-19/h3-10,13,20H,11-12,14-15H2,1-2H3. The van der Waals surface area contributed by atoms with Gasteiger partial charge in [-0.3, -0.25) is 14.7 Å². The molecule has 1 amide bonds. The number of carbonyl (C=O) groups is 1. The summed E-state index contributed by atoms with van der Waals surface area (Å²) in [7, 11) is 3.57. The number of carbonyl (C=O) groups excluding carboxylic acids is 1. The second-order valence-corrected chi connectivity index (χ2v) is 9.02. The summed E-state index contributed by atoms with van der Waals surface area (Å²) in [5.41, 5.74) is 3.23. The molecule has 5 rings (SSSR count). The number of thiophene rings is 1. The first-order valence-corrected chi connectivity index (χ1v) is 11.2. The Balaban J connectivity index is 1.44. The molecule has 4 aromatic rings. The van der Waals surface area contributed by atoms with E-state index in [1.54, 1.807) is 25.2 Å². The van der Waals surface area contributed by atoms with Crippen molar-refractivity contribution in [3.8, 4) is 0 Å². The van der Waals surface area contributed by atoms with E-state index < -0.39 is 0 Å². The number of ether oxygens (including phenoxy) is 1. The topological polar surface area (TPSA) is 58.6 Å². The summed E-state index contributed by atoms with van der Waals surface area (Å²) in [4.78, 5) is 27.4. The fourth-order valence-electron chi connectivity index (χ4n) is 4.14. The Bertz CT molecular complexity index is 1250. The van der Waals surface area contributed by atoms with E-state index in [-0.39, 0.29) is 12.0 Å². The average molecular weight is 433 g/mol. The van der Waals surface area contributed by atoms with Gasteiger partial charge in [0.05, 0.1) is 18.2 Å². The Labute approximate surface area is 185 Å². The Hall–Kier alpha value is -2.87. The third-order valence-electron chi connectivity index (χ3n) is 5.65. The average Bonchev–Trinajstić information content (AvgIpc) is 3.18.